The minimum Gasteiger partial charge on any atom is -0.480 e. The largest absolute Gasteiger partial charge is 0.480 e. The Labute approximate surface area is 197 Å². The van der Waals surface area contributed by atoms with Crippen LogP contribution in [0.2, 0.25) is 0 Å². The van der Waals surface area contributed by atoms with Gasteiger partial charge in [-0.05, 0) is 40.8 Å². The van der Waals surface area contributed by atoms with Crippen LogP contribution in [-0.4, -0.2) is 40.7 Å². The number of nitrogens with one attached hydrogen (secondary N) is 2. The molecule has 0 saturated carbocycles. The first-order chi connectivity index (χ1) is 16.5. The van der Waals surface area contributed by atoms with Crippen LogP contribution < -0.4 is 10.6 Å². The summed E-state index contributed by atoms with van der Waals surface area (Å²) in [6, 6.07) is 18.2. The van der Waals surface area contributed by atoms with Gasteiger partial charge in [0.05, 0.1) is 12.2 Å². The van der Waals surface area contributed by atoms with E-state index in [4.69, 9.17) is 9.84 Å². The van der Waals surface area contributed by atoms with E-state index in [1.807, 2.05) is 24.3 Å². The maximum Gasteiger partial charge on any atom is 0.407 e. The average molecular weight is 460 g/mol. The number of pyridine rings is 1. The molecular weight excluding hydrogens is 434 g/mol. The van der Waals surface area contributed by atoms with E-state index in [0.717, 1.165) is 22.3 Å². The van der Waals surface area contributed by atoms with Crippen LogP contribution in [0.4, 0.5) is 4.79 Å². The topological polar surface area (TPSA) is 118 Å². The summed E-state index contributed by atoms with van der Waals surface area (Å²) in [4.78, 5) is 40.0. The minimum absolute atomic E-state index is 0.0379. The van der Waals surface area contributed by atoms with Gasteiger partial charge in [0.25, 0.3) is 5.91 Å². The summed E-state index contributed by atoms with van der Waals surface area (Å²) < 4.78 is 5.51. The molecule has 0 unspecified atom stereocenters. The molecule has 1 aromatic heterocycles. The molecule has 3 aromatic rings. The zero-order valence-electron chi connectivity index (χ0n) is 18.7. The van der Waals surface area contributed by atoms with Crippen molar-refractivity contribution in [2.75, 3.05) is 6.61 Å². The standard InChI is InChI=1S/C26H25N3O5/c1-2-23(25(31)32)29-24(30)16-11-12-27-17(13-16)14-28-26(33)34-15-22-20-9-5-3-7-18(20)19-8-4-6-10-21(19)22/h3-13,22-23H,2,14-15H2,1H3,(H,28,33)(H,29,30)(H,31,32)/t23-/m1/s1. The second-order valence-corrected chi connectivity index (χ2v) is 7.99. The first-order valence-electron chi connectivity index (χ1n) is 11.1. The molecule has 1 aliphatic rings. The number of benzene rings is 2. The fourth-order valence-corrected chi connectivity index (χ4v) is 4.11. The van der Waals surface area contributed by atoms with Gasteiger partial charge in [-0.15, -0.1) is 0 Å². The highest BCUT2D eigenvalue weighted by Gasteiger charge is 2.29. The van der Waals surface area contributed by atoms with Gasteiger partial charge in [0.1, 0.15) is 12.6 Å². The zero-order chi connectivity index (χ0) is 24.1. The highest BCUT2D eigenvalue weighted by Crippen LogP contribution is 2.44. The summed E-state index contributed by atoms with van der Waals surface area (Å²) in [6.07, 6.45) is 1.11. The number of aliphatic carboxylic acids is 1. The van der Waals surface area contributed by atoms with E-state index in [1.165, 1.54) is 18.3 Å². The Morgan fingerprint density at radius 2 is 1.68 bits per heavy atom. The fourth-order valence-electron chi connectivity index (χ4n) is 4.11. The van der Waals surface area contributed by atoms with Crippen LogP contribution in [0.3, 0.4) is 0 Å². The Balaban J connectivity index is 1.34. The molecule has 4 rings (SSSR count). The van der Waals surface area contributed by atoms with Crippen LogP contribution in [0.5, 0.6) is 0 Å². The van der Waals surface area contributed by atoms with E-state index in [-0.39, 0.29) is 31.1 Å². The fraction of sp³-hybridized carbons (Fsp3) is 0.231. The number of rotatable bonds is 8. The highest BCUT2D eigenvalue weighted by atomic mass is 16.5. The number of aromatic nitrogens is 1. The highest BCUT2D eigenvalue weighted by molar-refractivity contribution is 5.96. The number of fused-ring (bicyclic) bond motifs is 3. The number of carbonyl (C=O) groups is 3. The molecule has 0 spiro atoms. The second kappa shape index (κ2) is 10.2. The van der Waals surface area contributed by atoms with Crippen molar-refractivity contribution in [2.45, 2.75) is 31.8 Å². The smallest absolute Gasteiger partial charge is 0.407 e. The Hall–Kier alpha value is -4.20. The summed E-state index contributed by atoms with van der Waals surface area (Å²) in [6.45, 7) is 1.94. The number of ether oxygens (including phenoxy) is 1. The van der Waals surface area contributed by atoms with Gasteiger partial charge in [-0.25, -0.2) is 9.59 Å². The van der Waals surface area contributed by atoms with Crippen LogP contribution >= 0.6 is 0 Å². The van der Waals surface area contributed by atoms with Crippen molar-refractivity contribution in [3.63, 3.8) is 0 Å². The number of alkyl carbamates (subject to hydrolysis) is 1. The lowest BCUT2D eigenvalue weighted by molar-refractivity contribution is -0.139. The van der Waals surface area contributed by atoms with E-state index in [0.29, 0.717) is 5.69 Å². The monoisotopic (exact) mass is 459 g/mol. The van der Waals surface area contributed by atoms with Crippen LogP contribution in [0.25, 0.3) is 11.1 Å². The lowest BCUT2D eigenvalue weighted by atomic mass is 9.98. The third kappa shape index (κ3) is 4.91. The van der Waals surface area contributed by atoms with Crippen LogP contribution in [-0.2, 0) is 16.1 Å². The number of amides is 2. The van der Waals surface area contributed by atoms with Crippen molar-refractivity contribution in [3.8, 4) is 11.1 Å². The van der Waals surface area contributed by atoms with Gasteiger partial charge in [0.2, 0.25) is 0 Å². The normalized spacial score (nSPS) is 12.9. The molecule has 1 heterocycles. The van der Waals surface area contributed by atoms with Crippen molar-refractivity contribution in [1.82, 2.24) is 15.6 Å². The van der Waals surface area contributed by atoms with Crippen LogP contribution in [0.15, 0.2) is 66.9 Å². The Morgan fingerprint density at radius 1 is 1.03 bits per heavy atom. The molecule has 1 atom stereocenters. The van der Waals surface area contributed by atoms with Gasteiger partial charge in [0.15, 0.2) is 0 Å². The Bertz CT molecular complexity index is 1180. The number of carbonyl (C=O) groups excluding carboxylic acids is 2. The molecule has 0 fully saturated rings. The molecule has 34 heavy (non-hydrogen) atoms. The maximum atomic E-state index is 12.4. The zero-order valence-corrected chi connectivity index (χ0v) is 18.7. The van der Waals surface area contributed by atoms with E-state index in [9.17, 15) is 14.4 Å². The van der Waals surface area contributed by atoms with Crippen molar-refractivity contribution >= 4 is 18.0 Å². The molecule has 3 N–H and O–H groups in total. The minimum atomic E-state index is -1.10. The molecule has 2 aromatic carbocycles. The van der Waals surface area contributed by atoms with E-state index < -0.39 is 24.0 Å². The van der Waals surface area contributed by atoms with Crippen LogP contribution in [0, 0.1) is 0 Å². The number of hydrogen-bond acceptors (Lipinski definition) is 5. The van der Waals surface area contributed by atoms with Gasteiger partial charge in [-0.1, -0.05) is 55.5 Å². The first kappa shape index (κ1) is 23.0. The van der Waals surface area contributed by atoms with Gasteiger partial charge >= 0.3 is 12.1 Å². The van der Waals surface area contributed by atoms with Gasteiger partial charge in [0, 0.05) is 17.7 Å². The lowest BCUT2D eigenvalue weighted by Crippen LogP contribution is -2.40. The molecule has 0 radical (unpaired) electrons. The summed E-state index contributed by atoms with van der Waals surface area (Å²) in [7, 11) is 0. The third-order valence-electron chi connectivity index (χ3n) is 5.85. The van der Waals surface area contributed by atoms with E-state index in [2.05, 4.69) is 39.9 Å². The molecule has 0 bridgehead atoms. The number of carboxylic acid groups (broad SMARTS) is 1. The molecule has 174 valence electrons. The molecule has 0 saturated heterocycles. The molecule has 1 aliphatic carbocycles. The lowest BCUT2D eigenvalue weighted by Gasteiger charge is -2.15. The van der Waals surface area contributed by atoms with E-state index in [1.54, 1.807) is 6.92 Å². The Kier molecular flexibility index (Phi) is 6.87. The van der Waals surface area contributed by atoms with E-state index >= 15 is 0 Å². The first-order valence-corrected chi connectivity index (χ1v) is 11.1. The summed E-state index contributed by atoms with van der Waals surface area (Å²) >= 11 is 0. The predicted octanol–water partition coefficient (Wildman–Crippen LogP) is 3.71. The van der Waals surface area contributed by atoms with Gasteiger partial charge in [-0.3, -0.25) is 9.78 Å². The summed E-state index contributed by atoms with van der Waals surface area (Å²) in [5.41, 5.74) is 5.27. The molecule has 2 amide bonds. The average Bonchev–Trinajstić information content (AvgIpc) is 3.18. The number of nitrogens with zero attached hydrogens (tertiary/aromatic N) is 1. The predicted molar refractivity (Wildman–Crippen MR) is 125 cm³/mol. The SMILES string of the molecule is CC[C@@H](NC(=O)c1ccnc(CNC(=O)OCC2c3ccccc3-c3ccccc32)c1)C(=O)O. The third-order valence-corrected chi connectivity index (χ3v) is 5.85. The second-order valence-electron chi connectivity index (χ2n) is 7.99. The molecule has 8 heteroatoms. The maximum absolute atomic E-state index is 12.4. The number of carboxylic acids is 1. The Morgan fingerprint density at radius 3 is 2.29 bits per heavy atom. The van der Waals surface area contributed by atoms with Crippen molar-refractivity contribution in [2.24, 2.45) is 0 Å². The molecule has 0 aliphatic heterocycles. The van der Waals surface area contributed by atoms with Crippen molar-refractivity contribution in [1.29, 1.82) is 0 Å². The van der Waals surface area contributed by atoms with Gasteiger partial charge in [-0.2, -0.15) is 0 Å². The van der Waals surface area contributed by atoms with Gasteiger partial charge < -0.3 is 20.5 Å². The summed E-state index contributed by atoms with van der Waals surface area (Å²) in [5, 5.41) is 14.2. The van der Waals surface area contributed by atoms with Crippen molar-refractivity contribution in [3.05, 3.63) is 89.2 Å². The van der Waals surface area contributed by atoms with Crippen molar-refractivity contribution < 1.29 is 24.2 Å². The summed E-state index contributed by atoms with van der Waals surface area (Å²) in [5.74, 6) is -1.65. The quantitative estimate of drug-likeness (QED) is 0.473. The number of hydrogen-bond donors (Lipinski definition) is 3. The molecular formula is C26H25N3O5. The molecule has 8 nitrogen and oxygen atoms in total. The van der Waals surface area contributed by atoms with Crippen LogP contribution in [0.1, 0.15) is 46.4 Å².